The summed E-state index contributed by atoms with van der Waals surface area (Å²) in [5, 5.41) is 9.07. The fourth-order valence-corrected chi connectivity index (χ4v) is 3.67. The van der Waals surface area contributed by atoms with E-state index in [4.69, 9.17) is 5.11 Å². The molecule has 0 saturated carbocycles. The maximum absolute atomic E-state index is 12.9. The molecule has 7 heteroatoms. The van der Waals surface area contributed by atoms with E-state index in [9.17, 15) is 9.59 Å². The van der Waals surface area contributed by atoms with E-state index in [1.54, 1.807) is 4.90 Å². The number of carbonyl (C=O) groups excluding carboxylic acids is 1. The van der Waals surface area contributed by atoms with Crippen molar-refractivity contribution in [3.8, 4) is 0 Å². The number of hydrogen-bond donors (Lipinski definition) is 1. The van der Waals surface area contributed by atoms with Gasteiger partial charge >= 0.3 is 5.97 Å². The predicted octanol–water partition coefficient (Wildman–Crippen LogP) is 2.65. The van der Waals surface area contributed by atoms with Crippen LogP contribution in [0.25, 0.3) is 5.65 Å². The van der Waals surface area contributed by atoms with Crippen LogP contribution in [0.1, 0.15) is 34.6 Å². The highest BCUT2D eigenvalue weighted by Crippen LogP contribution is 2.24. The number of aromatic nitrogens is 2. The Labute approximate surface area is 142 Å². The van der Waals surface area contributed by atoms with Crippen LogP contribution in [0.2, 0.25) is 0 Å². The normalized spacial score (nSPS) is 16.0. The maximum atomic E-state index is 12.9. The number of halogens is 1. The monoisotopic (exact) mass is 379 g/mol. The van der Waals surface area contributed by atoms with Gasteiger partial charge in [-0.2, -0.15) is 0 Å². The number of carboxylic acids is 1. The molecule has 0 spiro atoms. The number of carboxylic acid groups (broad SMARTS) is 1. The van der Waals surface area contributed by atoms with Crippen LogP contribution in [0.5, 0.6) is 0 Å². The van der Waals surface area contributed by atoms with Gasteiger partial charge in [0.25, 0.3) is 5.91 Å². The molecule has 1 amide bonds. The fraction of sp³-hybridized carbons (Fsp3) is 0.438. The molecule has 3 rings (SSSR count). The quantitative estimate of drug-likeness (QED) is 0.869. The van der Waals surface area contributed by atoms with Gasteiger partial charge in [0.15, 0.2) is 0 Å². The molecular formula is C16H18BrN3O3. The van der Waals surface area contributed by atoms with Gasteiger partial charge in [0.2, 0.25) is 0 Å². The van der Waals surface area contributed by atoms with Crippen LogP contribution in [0.3, 0.4) is 0 Å². The average Bonchev–Trinajstić information content (AvgIpc) is 2.83. The van der Waals surface area contributed by atoms with Gasteiger partial charge < -0.3 is 10.0 Å². The minimum atomic E-state index is -0.775. The molecule has 2 aromatic rings. The molecule has 0 radical (unpaired) electrons. The van der Waals surface area contributed by atoms with Gasteiger partial charge in [-0.3, -0.25) is 14.0 Å². The van der Waals surface area contributed by atoms with Crippen LogP contribution in [-0.2, 0) is 4.79 Å². The summed E-state index contributed by atoms with van der Waals surface area (Å²) in [5.74, 6) is -1.21. The molecule has 1 aliphatic heterocycles. The molecule has 0 bridgehead atoms. The standard InChI is InChI=1S/C16H18BrN3O3/c1-9-7-12(17)8-20-13(10(2)18-14(9)20)15(21)19-5-3-11(4-6-19)16(22)23/h7-8,11H,3-6H2,1-2H3,(H,22,23). The largest absolute Gasteiger partial charge is 0.481 e. The first-order valence-electron chi connectivity index (χ1n) is 7.55. The Morgan fingerprint density at radius 3 is 2.57 bits per heavy atom. The number of hydrogen-bond acceptors (Lipinski definition) is 3. The Kier molecular flexibility index (Phi) is 4.14. The summed E-state index contributed by atoms with van der Waals surface area (Å²) in [6.07, 6.45) is 2.85. The Hall–Kier alpha value is -1.89. The zero-order valence-corrected chi connectivity index (χ0v) is 14.6. The first kappa shape index (κ1) is 16.0. The number of fused-ring (bicyclic) bond motifs is 1. The Morgan fingerprint density at radius 2 is 1.96 bits per heavy atom. The average molecular weight is 380 g/mol. The van der Waals surface area contributed by atoms with Gasteiger partial charge in [-0.15, -0.1) is 0 Å². The Balaban J connectivity index is 1.93. The van der Waals surface area contributed by atoms with Crippen LogP contribution in [0.4, 0.5) is 0 Å². The lowest BCUT2D eigenvalue weighted by atomic mass is 9.97. The van der Waals surface area contributed by atoms with Gasteiger partial charge in [-0.25, -0.2) is 4.98 Å². The second-order valence-corrected chi connectivity index (χ2v) is 6.90. The maximum Gasteiger partial charge on any atom is 0.306 e. The third-order valence-corrected chi connectivity index (χ3v) is 4.81. The number of carbonyl (C=O) groups is 2. The first-order valence-corrected chi connectivity index (χ1v) is 8.34. The van der Waals surface area contributed by atoms with Crippen molar-refractivity contribution in [3.05, 3.63) is 33.7 Å². The van der Waals surface area contributed by atoms with Gasteiger partial charge in [0, 0.05) is 23.8 Å². The highest BCUT2D eigenvalue weighted by molar-refractivity contribution is 9.10. The summed E-state index contributed by atoms with van der Waals surface area (Å²) in [6, 6.07) is 1.97. The van der Waals surface area contributed by atoms with Crippen molar-refractivity contribution < 1.29 is 14.7 Å². The molecular weight excluding hydrogens is 362 g/mol. The van der Waals surface area contributed by atoms with E-state index in [1.807, 2.05) is 30.5 Å². The van der Waals surface area contributed by atoms with Crippen molar-refractivity contribution in [1.82, 2.24) is 14.3 Å². The first-order chi connectivity index (χ1) is 10.9. The van der Waals surface area contributed by atoms with Crippen LogP contribution >= 0.6 is 15.9 Å². The lowest BCUT2D eigenvalue weighted by Gasteiger charge is -2.30. The highest BCUT2D eigenvalue weighted by Gasteiger charge is 2.30. The van der Waals surface area contributed by atoms with Crippen molar-refractivity contribution in [2.24, 2.45) is 5.92 Å². The highest BCUT2D eigenvalue weighted by atomic mass is 79.9. The summed E-state index contributed by atoms with van der Waals surface area (Å²) in [7, 11) is 0. The van der Waals surface area contributed by atoms with Gasteiger partial charge in [0.05, 0.1) is 11.6 Å². The van der Waals surface area contributed by atoms with Crippen molar-refractivity contribution in [2.75, 3.05) is 13.1 Å². The number of piperidine rings is 1. The summed E-state index contributed by atoms with van der Waals surface area (Å²) in [6.45, 7) is 4.72. The number of aliphatic carboxylic acids is 1. The Bertz CT molecular complexity index is 791. The molecule has 1 fully saturated rings. The minimum Gasteiger partial charge on any atom is -0.481 e. The number of rotatable bonds is 2. The molecule has 2 aromatic heterocycles. The molecule has 122 valence electrons. The minimum absolute atomic E-state index is 0.0867. The lowest BCUT2D eigenvalue weighted by Crippen LogP contribution is -2.40. The van der Waals surface area contributed by atoms with Crippen molar-refractivity contribution in [1.29, 1.82) is 0 Å². The molecule has 1 aliphatic rings. The smallest absolute Gasteiger partial charge is 0.306 e. The topological polar surface area (TPSA) is 74.9 Å². The van der Waals surface area contributed by atoms with Crippen LogP contribution in [0.15, 0.2) is 16.7 Å². The van der Waals surface area contributed by atoms with Gasteiger partial charge in [-0.1, -0.05) is 0 Å². The van der Waals surface area contributed by atoms with E-state index in [0.717, 1.165) is 15.7 Å². The predicted molar refractivity (Wildman–Crippen MR) is 88.6 cm³/mol. The van der Waals surface area contributed by atoms with E-state index >= 15 is 0 Å². The van der Waals surface area contributed by atoms with Crippen molar-refractivity contribution in [2.45, 2.75) is 26.7 Å². The zero-order valence-electron chi connectivity index (χ0n) is 13.0. The van der Waals surface area contributed by atoms with Crippen LogP contribution < -0.4 is 0 Å². The summed E-state index contributed by atoms with van der Waals surface area (Å²) in [5.41, 5.74) is 3.01. The summed E-state index contributed by atoms with van der Waals surface area (Å²) < 4.78 is 2.71. The number of nitrogens with zero attached hydrogens (tertiary/aromatic N) is 3. The number of imidazole rings is 1. The van der Waals surface area contributed by atoms with E-state index in [2.05, 4.69) is 20.9 Å². The van der Waals surface area contributed by atoms with Gasteiger partial charge in [-0.05, 0) is 54.2 Å². The molecule has 1 saturated heterocycles. The van der Waals surface area contributed by atoms with Crippen molar-refractivity contribution >= 4 is 33.5 Å². The SMILES string of the molecule is Cc1nc2c(C)cc(Br)cn2c1C(=O)N1CCC(C(=O)O)CC1. The molecule has 3 heterocycles. The van der Waals surface area contributed by atoms with E-state index in [-0.39, 0.29) is 11.8 Å². The molecule has 6 nitrogen and oxygen atoms in total. The number of pyridine rings is 1. The number of amides is 1. The van der Waals surface area contributed by atoms with E-state index in [1.165, 1.54) is 0 Å². The Morgan fingerprint density at radius 1 is 1.30 bits per heavy atom. The van der Waals surface area contributed by atoms with Crippen LogP contribution in [-0.4, -0.2) is 44.4 Å². The third kappa shape index (κ3) is 2.85. The number of likely N-dealkylation sites (tertiary alicyclic amines) is 1. The van der Waals surface area contributed by atoms with Crippen molar-refractivity contribution in [3.63, 3.8) is 0 Å². The molecule has 0 aliphatic carbocycles. The third-order valence-electron chi connectivity index (χ3n) is 4.38. The molecule has 0 atom stereocenters. The molecule has 0 aromatic carbocycles. The number of aryl methyl sites for hydroxylation is 2. The fourth-order valence-electron chi connectivity index (χ4n) is 3.12. The van der Waals surface area contributed by atoms with E-state index in [0.29, 0.717) is 37.3 Å². The van der Waals surface area contributed by atoms with Gasteiger partial charge in [0.1, 0.15) is 11.3 Å². The summed E-state index contributed by atoms with van der Waals surface area (Å²) >= 11 is 3.46. The lowest BCUT2D eigenvalue weighted by molar-refractivity contribution is -0.143. The van der Waals surface area contributed by atoms with Crippen LogP contribution in [0, 0.1) is 19.8 Å². The molecule has 0 unspecified atom stereocenters. The summed E-state index contributed by atoms with van der Waals surface area (Å²) in [4.78, 5) is 30.2. The van der Waals surface area contributed by atoms with E-state index < -0.39 is 5.97 Å². The second-order valence-electron chi connectivity index (χ2n) is 5.99. The molecule has 23 heavy (non-hydrogen) atoms. The molecule has 1 N–H and O–H groups in total. The second kappa shape index (κ2) is 5.96. The zero-order chi connectivity index (χ0) is 16.7.